The first-order chi connectivity index (χ1) is 8.58. The highest BCUT2D eigenvalue weighted by Gasteiger charge is 2.20. The number of halogens is 1. The molecule has 4 nitrogen and oxygen atoms in total. The smallest absolute Gasteiger partial charge is 0.248 e. The van der Waals surface area contributed by atoms with E-state index in [0.29, 0.717) is 23.7 Å². The van der Waals surface area contributed by atoms with E-state index in [2.05, 4.69) is 10.2 Å². The largest absolute Gasteiger partial charge is 0.366 e. The predicted octanol–water partition coefficient (Wildman–Crippen LogP) is 0.718. The highest BCUT2D eigenvalue weighted by atomic mass is 19.1. The average molecular weight is 251 g/mol. The van der Waals surface area contributed by atoms with Gasteiger partial charge in [-0.25, -0.2) is 4.39 Å². The zero-order valence-electron chi connectivity index (χ0n) is 10.4. The Morgan fingerprint density at radius 1 is 1.61 bits per heavy atom. The van der Waals surface area contributed by atoms with Gasteiger partial charge in [-0.1, -0.05) is 0 Å². The maximum absolute atomic E-state index is 13.7. The Morgan fingerprint density at radius 2 is 2.39 bits per heavy atom. The number of hydrogen-bond acceptors (Lipinski definition) is 3. The van der Waals surface area contributed by atoms with Crippen molar-refractivity contribution >= 4 is 5.91 Å². The Morgan fingerprint density at radius 3 is 3.00 bits per heavy atom. The molecule has 1 atom stereocenters. The van der Waals surface area contributed by atoms with E-state index < -0.39 is 5.91 Å². The number of nitrogens with zero attached hydrogens (tertiary/aromatic N) is 1. The molecule has 1 unspecified atom stereocenters. The summed E-state index contributed by atoms with van der Waals surface area (Å²) in [6.07, 6.45) is 1.06. The zero-order chi connectivity index (χ0) is 13.1. The molecule has 1 aliphatic heterocycles. The number of carbonyl (C=O) groups excluding carboxylic acids is 1. The number of amides is 1. The SMILES string of the molecule is CN(Cc1cc(C(N)=O)ccc1F)C1CCNC1. The standard InChI is InChI=1S/C13H18FN3O/c1-17(11-4-5-16-7-11)8-10-6-9(13(15)18)2-3-12(10)14/h2-3,6,11,16H,4-5,7-8H2,1H3,(H2,15,18). The molecule has 0 bridgehead atoms. The molecule has 0 radical (unpaired) electrons. The van der Waals surface area contributed by atoms with E-state index in [9.17, 15) is 9.18 Å². The normalized spacial score (nSPS) is 19.4. The van der Waals surface area contributed by atoms with Gasteiger partial charge in [0.2, 0.25) is 5.91 Å². The minimum absolute atomic E-state index is 0.294. The summed E-state index contributed by atoms with van der Waals surface area (Å²) in [5.41, 5.74) is 6.07. The number of carbonyl (C=O) groups is 1. The maximum Gasteiger partial charge on any atom is 0.248 e. The van der Waals surface area contributed by atoms with Gasteiger partial charge in [0.1, 0.15) is 5.82 Å². The molecule has 98 valence electrons. The third kappa shape index (κ3) is 2.86. The minimum Gasteiger partial charge on any atom is -0.366 e. The third-order valence-electron chi connectivity index (χ3n) is 3.41. The molecular formula is C13H18FN3O. The van der Waals surface area contributed by atoms with Crippen molar-refractivity contribution in [1.29, 1.82) is 0 Å². The zero-order valence-corrected chi connectivity index (χ0v) is 10.4. The Balaban J connectivity index is 2.12. The molecule has 1 amide bonds. The molecule has 5 heteroatoms. The summed E-state index contributed by atoms with van der Waals surface area (Å²) in [4.78, 5) is 13.2. The first kappa shape index (κ1) is 13.0. The van der Waals surface area contributed by atoms with Crippen LogP contribution in [0.2, 0.25) is 0 Å². The van der Waals surface area contributed by atoms with Crippen LogP contribution in [0.3, 0.4) is 0 Å². The van der Waals surface area contributed by atoms with Crippen molar-refractivity contribution in [3.8, 4) is 0 Å². The molecule has 1 aliphatic rings. The van der Waals surface area contributed by atoms with Crippen LogP contribution in [0.1, 0.15) is 22.3 Å². The number of primary amides is 1. The molecule has 1 fully saturated rings. The van der Waals surface area contributed by atoms with E-state index in [4.69, 9.17) is 5.73 Å². The molecule has 2 rings (SSSR count). The number of likely N-dealkylation sites (N-methyl/N-ethyl adjacent to an activating group) is 1. The Bertz CT molecular complexity index is 444. The summed E-state index contributed by atoms with van der Waals surface area (Å²) in [7, 11) is 1.97. The van der Waals surface area contributed by atoms with Crippen LogP contribution in [0, 0.1) is 5.82 Å². The van der Waals surface area contributed by atoms with Crippen LogP contribution in [-0.4, -0.2) is 37.0 Å². The van der Waals surface area contributed by atoms with Gasteiger partial charge in [0.15, 0.2) is 0 Å². The van der Waals surface area contributed by atoms with Crippen molar-refractivity contribution in [2.75, 3.05) is 20.1 Å². The van der Waals surface area contributed by atoms with Crippen LogP contribution < -0.4 is 11.1 Å². The summed E-state index contributed by atoms with van der Waals surface area (Å²) in [6.45, 7) is 2.41. The number of nitrogens with one attached hydrogen (secondary N) is 1. The first-order valence-corrected chi connectivity index (χ1v) is 6.07. The van der Waals surface area contributed by atoms with E-state index >= 15 is 0 Å². The first-order valence-electron chi connectivity index (χ1n) is 6.07. The Hall–Kier alpha value is -1.46. The summed E-state index contributed by atoms with van der Waals surface area (Å²) in [5.74, 6) is -0.820. The van der Waals surface area contributed by atoms with Crippen molar-refractivity contribution in [1.82, 2.24) is 10.2 Å². The van der Waals surface area contributed by atoms with Crippen LogP contribution >= 0.6 is 0 Å². The number of nitrogens with two attached hydrogens (primary N) is 1. The van der Waals surface area contributed by atoms with Gasteiger partial charge in [0.05, 0.1) is 0 Å². The van der Waals surface area contributed by atoms with Gasteiger partial charge in [-0.2, -0.15) is 0 Å². The lowest BCUT2D eigenvalue weighted by Gasteiger charge is -2.23. The lowest BCUT2D eigenvalue weighted by molar-refractivity contribution is 0.1000. The van der Waals surface area contributed by atoms with Gasteiger partial charge in [-0.3, -0.25) is 9.69 Å². The van der Waals surface area contributed by atoms with Crippen LogP contribution in [0.15, 0.2) is 18.2 Å². The van der Waals surface area contributed by atoms with Crippen LogP contribution in [0.4, 0.5) is 4.39 Å². The van der Waals surface area contributed by atoms with Gasteiger partial charge < -0.3 is 11.1 Å². The summed E-state index contributed by atoms with van der Waals surface area (Å²) < 4.78 is 13.7. The second-order valence-corrected chi connectivity index (χ2v) is 4.73. The van der Waals surface area contributed by atoms with E-state index in [0.717, 1.165) is 19.5 Å². The van der Waals surface area contributed by atoms with Gasteiger partial charge in [-0.15, -0.1) is 0 Å². The van der Waals surface area contributed by atoms with Crippen LogP contribution in [0.5, 0.6) is 0 Å². The van der Waals surface area contributed by atoms with E-state index in [1.807, 2.05) is 7.05 Å². The number of benzene rings is 1. The van der Waals surface area contributed by atoms with Crippen molar-refractivity contribution in [3.05, 3.63) is 35.1 Å². The molecular weight excluding hydrogens is 233 g/mol. The van der Waals surface area contributed by atoms with E-state index in [-0.39, 0.29) is 5.82 Å². The average Bonchev–Trinajstić information content (AvgIpc) is 2.85. The molecule has 1 aromatic rings. The number of rotatable bonds is 4. The molecule has 3 N–H and O–H groups in total. The lowest BCUT2D eigenvalue weighted by Crippen LogP contribution is -2.33. The Labute approximate surface area is 106 Å². The topological polar surface area (TPSA) is 58.4 Å². The summed E-state index contributed by atoms with van der Waals surface area (Å²) in [5, 5.41) is 3.27. The van der Waals surface area contributed by atoms with Gasteiger partial charge in [0.25, 0.3) is 0 Å². The molecule has 1 saturated heterocycles. The maximum atomic E-state index is 13.7. The highest BCUT2D eigenvalue weighted by molar-refractivity contribution is 5.92. The second kappa shape index (κ2) is 5.46. The molecule has 1 aromatic carbocycles. The molecule has 0 saturated carbocycles. The van der Waals surface area contributed by atoms with Gasteiger partial charge in [-0.05, 0) is 38.2 Å². The van der Waals surface area contributed by atoms with Crippen LogP contribution in [-0.2, 0) is 6.54 Å². The van der Waals surface area contributed by atoms with Crippen molar-refractivity contribution < 1.29 is 9.18 Å². The fraction of sp³-hybridized carbons (Fsp3) is 0.462. The monoisotopic (exact) mass is 251 g/mol. The van der Waals surface area contributed by atoms with Crippen LogP contribution in [0.25, 0.3) is 0 Å². The van der Waals surface area contributed by atoms with E-state index in [1.54, 1.807) is 0 Å². The van der Waals surface area contributed by atoms with Crippen molar-refractivity contribution in [3.63, 3.8) is 0 Å². The summed E-state index contributed by atoms with van der Waals surface area (Å²) in [6, 6.07) is 4.67. The molecule has 1 heterocycles. The quantitative estimate of drug-likeness (QED) is 0.829. The number of hydrogen-bond donors (Lipinski definition) is 2. The summed E-state index contributed by atoms with van der Waals surface area (Å²) >= 11 is 0. The highest BCUT2D eigenvalue weighted by Crippen LogP contribution is 2.15. The van der Waals surface area contributed by atoms with E-state index in [1.165, 1.54) is 18.2 Å². The predicted molar refractivity (Wildman–Crippen MR) is 67.7 cm³/mol. The minimum atomic E-state index is -0.526. The fourth-order valence-corrected chi connectivity index (χ4v) is 2.26. The van der Waals surface area contributed by atoms with Crippen molar-refractivity contribution in [2.24, 2.45) is 5.73 Å². The molecule has 0 aliphatic carbocycles. The van der Waals surface area contributed by atoms with Gasteiger partial charge in [0, 0.05) is 30.3 Å². The van der Waals surface area contributed by atoms with Crippen molar-refractivity contribution in [2.45, 2.75) is 19.0 Å². The molecule has 18 heavy (non-hydrogen) atoms. The fourth-order valence-electron chi connectivity index (χ4n) is 2.26. The second-order valence-electron chi connectivity index (χ2n) is 4.73. The Kier molecular flexibility index (Phi) is 3.93. The molecule has 0 spiro atoms. The third-order valence-corrected chi connectivity index (χ3v) is 3.41. The lowest BCUT2D eigenvalue weighted by atomic mass is 10.1. The van der Waals surface area contributed by atoms with Gasteiger partial charge >= 0.3 is 0 Å². The molecule has 0 aromatic heterocycles.